The molecule has 2 amide bonds. The zero-order valence-electron chi connectivity index (χ0n) is 15.0. The number of hydrogen-bond acceptors (Lipinski definition) is 5. The summed E-state index contributed by atoms with van der Waals surface area (Å²) in [5.41, 5.74) is 0.554. The largest absolute Gasteiger partial charge is 0.493 e. The number of ether oxygens (including phenoxy) is 2. The number of carbonyl (C=O) groups is 2. The van der Waals surface area contributed by atoms with Crippen molar-refractivity contribution in [3.05, 3.63) is 23.8 Å². The van der Waals surface area contributed by atoms with Gasteiger partial charge in [0.15, 0.2) is 11.5 Å². The second-order valence-corrected chi connectivity index (χ2v) is 6.92. The van der Waals surface area contributed by atoms with Gasteiger partial charge < -0.3 is 19.7 Å². The van der Waals surface area contributed by atoms with Gasteiger partial charge in [0.2, 0.25) is 5.91 Å². The first-order valence-electron chi connectivity index (χ1n) is 8.42. The lowest BCUT2D eigenvalue weighted by Crippen LogP contribution is -2.40. The number of hydrogen-bond donors (Lipinski definition) is 1. The van der Waals surface area contributed by atoms with E-state index in [9.17, 15) is 9.59 Å². The van der Waals surface area contributed by atoms with Crippen molar-refractivity contribution in [2.75, 3.05) is 38.8 Å². The molecule has 6 nitrogen and oxygen atoms in total. The van der Waals surface area contributed by atoms with Crippen LogP contribution in [0.15, 0.2) is 18.2 Å². The molecule has 1 aliphatic heterocycles. The molecular formula is C18H26N2O4S. The molecule has 1 N–H and O–H groups in total. The standard InChI is InChI=1S/C18H26N2O4S/c1-13(21)20-9-6-15(7-10-20)24-17-12-14(4-5-16(17)23-2)18(22)19-8-11-25-3/h4-5,12,15H,6-11H2,1-3H3,(H,19,22). The Bertz CT molecular complexity index is 601. The monoisotopic (exact) mass is 366 g/mol. The highest BCUT2D eigenvalue weighted by molar-refractivity contribution is 7.98. The van der Waals surface area contributed by atoms with E-state index in [1.54, 1.807) is 44.0 Å². The lowest BCUT2D eigenvalue weighted by atomic mass is 10.1. The minimum atomic E-state index is -0.118. The molecule has 1 aromatic rings. The van der Waals surface area contributed by atoms with Gasteiger partial charge in [-0.1, -0.05) is 0 Å². The van der Waals surface area contributed by atoms with Gasteiger partial charge in [-0.2, -0.15) is 11.8 Å². The van der Waals surface area contributed by atoms with Gasteiger partial charge in [-0.15, -0.1) is 0 Å². The van der Waals surface area contributed by atoms with Crippen LogP contribution in [0.5, 0.6) is 11.5 Å². The van der Waals surface area contributed by atoms with Crippen LogP contribution in [-0.4, -0.2) is 61.6 Å². The normalized spacial score (nSPS) is 14.9. The molecule has 1 heterocycles. The van der Waals surface area contributed by atoms with Crippen LogP contribution in [0.3, 0.4) is 0 Å². The molecule has 0 radical (unpaired) electrons. The fourth-order valence-corrected chi connectivity index (χ4v) is 3.05. The van der Waals surface area contributed by atoms with E-state index >= 15 is 0 Å². The maximum absolute atomic E-state index is 12.2. The summed E-state index contributed by atoms with van der Waals surface area (Å²) in [5, 5.41) is 2.89. The first kappa shape index (κ1) is 19.4. The summed E-state index contributed by atoms with van der Waals surface area (Å²) < 4.78 is 11.4. The van der Waals surface area contributed by atoms with Crippen molar-refractivity contribution in [1.82, 2.24) is 10.2 Å². The Kier molecular flexibility index (Phi) is 7.43. The van der Waals surface area contributed by atoms with E-state index in [1.165, 1.54) is 0 Å². The molecule has 1 saturated heterocycles. The number of rotatable bonds is 7. The maximum Gasteiger partial charge on any atom is 0.251 e. The van der Waals surface area contributed by atoms with Crippen LogP contribution in [0.4, 0.5) is 0 Å². The third-order valence-electron chi connectivity index (χ3n) is 4.20. The van der Waals surface area contributed by atoms with Gasteiger partial charge in [-0.25, -0.2) is 0 Å². The SMILES string of the molecule is COc1ccc(C(=O)NCCSC)cc1OC1CCN(C(C)=O)CC1. The molecule has 25 heavy (non-hydrogen) atoms. The highest BCUT2D eigenvalue weighted by Gasteiger charge is 2.23. The average molecular weight is 366 g/mol. The van der Waals surface area contributed by atoms with E-state index in [0.29, 0.717) is 36.7 Å². The molecule has 0 atom stereocenters. The number of likely N-dealkylation sites (tertiary alicyclic amines) is 1. The van der Waals surface area contributed by atoms with Gasteiger partial charge in [-0.3, -0.25) is 9.59 Å². The fraction of sp³-hybridized carbons (Fsp3) is 0.556. The summed E-state index contributed by atoms with van der Waals surface area (Å²) in [6.45, 7) is 3.60. The third-order valence-corrected chi connectivity index (χ3v) is 4.81. The smallest absolute Gasteiger partial charge is 0.251 e. The number of carbonyl (C=O) groups excluding carboxylic acids is 2. The van der Waals surface area contributed by atoms with Crippen LogP contribution < -0.4 is 14.8 Å². The molecule has 138 valence electrons. The average Bonchev–Trinajstić information content (AvgIpc) is 2.62. The summed E-state index contributed by atoms with van der Waals surface area (Å²) in [5.74, 6) is 2.03. The predicted octanol–water partition coefficient (Wildman–Crippen LogP) is 2.18. The van der Waals surface area contributed by atoms with E-state index in [-0.39, 0.29) is 17.9 Å². The topological polar surface area (TPSA) is 67.9 Å². The molecule has 0 spiro atoms. The van der Waals surface area contributed by atoms with Crippen molar-refractivity contribution in [3.8, 4) is 11.5 Å². The summed E-state index contributed by atoms with van der Waals surface area (Å²) >= 11 is 1.69. The first-order valence-corrected chi connectivity index (χ1v) is 9.82. The summed E-state index contributed by atoms with van der Waals surface area (Å²) in [7, 11) is 1.58. The van der Waals surface area contributed by atoms with E-state index in [2.05, 4.69) is 5.32 Å². The Morgan fingerprint density at radius 3 is 2.60 bits per heavy atom. The molecule has 0 aliphatic carbocycles. The Hall–Kier alpha value is -1.89. The van der Waals surface area contributed by atoms with Gasteiger partial charge in [0.1, 0.15) is 6.10 Å². The second-order valence-electron chi connectivity index (χ2n) is 5.94. The second kappa shape index (κ2) is 9.56. The molecule has 0 saturated carbocycles. The zero-order chi connectivity index (χ0) is 18.2. The molecule has 2 rings (SSSR count). The molecular weight excluding hydrogens is 340 g/mol. The lowest BCUT2D eigenvalue weighted by molar-refractivity contribution is -0.130. The van der Waals surface area contributed by atoms with E-state index in [4.69, 9.17) is 9.47 Å². The predicted molar refractivity (Wildman–Crippen MR) is 99.6 cm³/mol. The Morgan fingerprint density at radius 2 is 2.00 bits per heavy atom. The van der Waals surface area contributed by atoms with Crippen LogP contribution in [0.2, 0.25) is 0 Å². The summed E-state index contributed by atoms with van der Waals surface area (Å²) in [6.07, 6.45) is 3.56. The summed E-state index contributed by atoms with van der Waals surface area (Å²) in [4.78, 5) is 25.5. The van der Waals surface area contributed by atoms with Crippen molar-refractivity contribution < 1.29 is 19.1 Å². The summed E-state index contributed by atoms with van der Waals surface area (Å²) in [6, 6.07) is 5.21. The van der Waals surface area contributed by atoms with Crippen molar-refractivity contribution in [2.45, 2.75) is 25.9 Å². The molecule has 1 aromatic carbocycles. The van der Waals surface area contributed by atoms with Crippen molar-refractivity contribution in [3.63, 3.8) is 0 Å². The first-order chi connectivity index (χ1) is 12.0. The van der Waals surface area contributed by atoms with Gasteiger partial charge in [-0.05, 0) is 24.5 Å². The van der Waals surface area contributed by atoms with E-state index < -0.39 is 0 Å². The number of methoxy groups -OCH3 is 1. The molecule has 0 aromatic heterocycles. The van der Waals surface area contributed by atoms with Gasteiger partial charge in [0.25, 0.3) is 5.91 Å². The fourth-order valence-electron chi connectivity index (χ4n) is 2.75. The van der Waals surface area contributed by atoms with Gasteiger partial charge in [0.05, 0.1) is 7.11 Å². The van der Waals surface area contributed by atoms with Crippen molar-refractivity contribution in [1.29, 1.82) is 0 Å². The van der Waals surface area contributed by atoms with Crippen LogP contribution in [0.25, 0.3) is 0 Å². The molecule has 7 heteroatoms. The van der Waals surface area contributed by atoms with E-state index in [1.807, 2.05) is 11.2 Å². The van der Waals surface area contributed by atoms with Crippen molar-refractivity contribution in [2.24, 2.45) is 0 Å². The van der Waals surface area contributed by atoms with Gasteiger partial charge in [0, 0.05) is 50.7 Å². The number of piperidine rings is 1. The molecule has 1 fully saturated rings. The number of benzene rings is 1. The lowest BCUT2D eigenvalue weighted by Gasteiger charge is -2.31. The molecule has 0 bridgehead atoms. The van der Waals surface area contributed by atoms with Crippen LogP contribution in [0, 0.1) is 0 Å². The number of nitrogens with one attached hydrogen (secondary N) is 1. The Balaban J connectivity index is 2.02. The minimum Gasteiger partial charge on any atom is -0.493 e. The number of nitrogens with zero attached hydrogens (tertiary/aromatic N) is 1. The Morgan fingerprint density at radius 1 is 1.28 bits per heavy atom. The highest BCUT2D eigenvalue weighted by Crippen LogP contribution is 2.30. The van der Waals surface area contributed by atoms with Crippen LogP contribution in [0.1, 0.15) is 30.1 Å². The van der Waals surface area contributed by atoms with Crippen LogP contribution in [-0.2, 0) is 4.79 Å². The maximum atomic E-state index is 12.2. The number of amides is 2. The Labute approximate surface area is 153 Å². The van der Waals surface area contributed by atoms with Crippen molar-refractivity contribution >= 4 is 23.6 Å². The minimum absolute atomic E-state index is 0.0132. The van der Waals surface area contributed by atoms with Gasteiger partial charge >= 0.3 is 0 Å². The third kappa shape index (κ3) is 5.56. The highest BCUT2D eigenvalue weighted by atomic mass is 32.2. The molecule has 1 aliphatic rings. The quantitative estimate of drug-likeness (QED) is 0.749. The molecule has 0 unspecified atom stereocenters. The van der Waals surface area contributed by atoms with E-state index in [0.717, 1.165) is 18.6 Å². The van der Waals surface area contributed by atoms with Crippen LogP contribution >= 0.6 is 11.8 Å². The number of thioether (sulfide) groups is 1. The zero-order valence-corrected chi connectivity index (χ0v) is 15.9.